The highest BCUT2D eigenvalue weighted by molar-refractivity contribution is 5.68. The van der Waals surface area contributed by atoms with Crippen LogP contribution in [0.25, 0.3) is 6.08 Å². The second-order valence-corrected chi connectivity index (χ2v) is 9.23. The van der Waals surface area contributed by atoms with Gasteiger partial charge in [0.25, 0.3) is 0 Å². The number of hydrogen-bond donors (Lipinski definition) is 0. The fourth-order valence-electron chi connectivity index (χ4n) is 3.69. The van der Waals surface area contributed by atoms with Crippen molar-refractivity contribution in [1.82, 2.24) is 4.90 Å². The zero-order chi connectivity index (χ0) is 23.0. The van der Waals surface area contributed by atoms with Crippen LogP contribution in [0.4, 0.5) is 4.79 Å². The van der Waals surface area contributed by atoms with E-state index in [1.807, 2.05) is 74.2 Å². The van der Waals surface area contributed by atoms with Gasteiger partial charge in [0.2, 0.25) is 0 Å². The third kappa shape index (κ3) is 7.33. The molecule has 3 rings (SSSR count). The first-order valence-electron chi connectivity index (χ1n) is 11.4. The number of carbonyl (C=O) groups is 1. The summed E-state index contributed by atoms with van der Waals surface area (Å²) in [6, 6.07) is 16.0. The van der Waals surface area contributed by atoms with E-state index in [4.69, 9.17) is 14.2 Å². The summed E-state index contributed by atoms with van der Waals surface area (Å²) in [5, 5.41) is 0. The van der Waals surface area contributed by atoms with Gasteiger partial charge in [0.1, 0.15) is 12.2 Å². The minimum atomic E-state index is -0.455. The van der Waals surface area contributed by atoms with Crippen molar-refractivity contribution >= 4 is 12.2 Å². The molecule has 0 aromatic heterocycles. The number of piperidine rings is 1. The Morgan fingerprint density at radius 3 is 2.44 bits per heavy atom. The first-order chi connectivity index (χ1) is 15.3. The normalized spacial score (nSPS) is 14.7. The maximum atomic E-state index is 12.2. The Bertz CT molecular complexity index is 880. The van der Waals surface area contributed by atoms with E-state index in [0.717, 1.165) is 55.0 Å². The molecule has 2 aromatic carbocycles. The summed E-state index contributed by atoms with van der Waals surface area (Å²) in [6.07, 6.45) is 4.47. The Hall–Kier alpha value is -2.95. The lowest BCUT2D eigenvalue weighted by atomic mass is 9.94. The lowest BCUT2D eigenvalue weighted by Gasteiger charge is -2.33. The third-order valence-electron chi connectivity index (χ3n) is 5.49. The van der Waals surface area contributed by atoms with Crippen LogP contribution in [0.15, 0.2) is 55.1 Å². The van der Waals surface area contributed by atoms with Crippen LogP contribution in [0.1, 0.15) is 51.2 Å². The fraction of sp³-hybridized carbons (Fsp3) is 0.444. The standard InChI is InChI=1S/C27H35NO4/c1-5-21-11-12-24(25(19-21)31-20-23-9-7-6-8-10-23)30-18-15-22-13-16-28(17-14-22)26(29)32-27(2,3)4/h5-12,19,22H,1,13-18,20H2,2-4H3. The van der Waals surface area contributed by atoms with E-state index in [0.29, 0.717) is 19.1 Å². The van der Waals surface area contributed by atoms with Gasteiger partial charge < -0.3 is 19.1 Å². The predicted octanol–water partition coefficient (Wildman–Crippen LogP) is 6.32. The maximum absolute atomic E-state index is 12.2. The average molecular weight is 438 g/mol. The molecule has 172 valence electrons. The van der Waals surface area contributed by atoms with Crippen molar-refractivity contribution in [3.63, 3.8) is 0 Å². The van der Waals surface area contributed by atoms with Gasteiger partial charge in [-0.05, 0) is 69.2 Å². The van der Waals surface area contributed by atoms with E-state index in [2.05, 4.69) is 6.58 Å². The second kappa shape index (κ2) is 11.1. The Morgan fingerprint density at radius 1 is 1.06 bits per heavy atom. The molecule has 0 atom stereocenters. The molecule has 1 amide bonds. The van der Waals surface area contributed by atoms with Gasteiger partial charge in [-0.1, -0.05) is 49.1 Å². The minimum Gasteiger partial charge on any atom is -0.490 e. The zero-order valence-electron chi connectivity index (χ0n) is 19.5. The smallest absolute Gasteiger partial charge is 0.410 e. The monoisotopic (exact) mass is 437 g/mol. The third-order valence-corrected chi connectivity index (χ3v) is 5.49. The lowest BCUT2D eigenvalue weighted by molar-refractivity contribution is 0.0177. The number of carbonyl (C=O) groups excluding carboxylic acids is 1. The van der Waals surface area contributed by atoms with E-state index in [1.54, 1.807) is 6.08 Å². The van der Waals surface area contributed by atoms with Gasteiger partial charge in [0.15, 0.2) is 11.5 Å². The van der Waals surface area contributed by atoms with Crippen LogP contribution in [0, 0.1) is 5.92 Å². The number of rotatable bonds is 8. The van der Waals surface area contributed by atoms with E-state index in [9.17, 15) is 4.79 Å². The van der Waals surface area contributed by atoms with Crippen molar-refractivity contribution in [1.29, 1.82) is 0 Å². The van der Waals surface area contributed by atoms with Crippen LogP contribution in [0.3, 0.4) is 0 Å². The molecule has 5 heteroatoms. The number of nitrogens with zero attached hydrogens (tertiary/aromatic N) is 1. The van der Waals surface area contributed by atoms with Crippen molar-refractivity contribution in [3.8, 4) is 11.5 Å². The van der Waals surface area contributed by atoms with Crippen LogP contribution in [0.5, 0.6) is 11.5 Å². The van der Waals surface area contributed by atoms with Crippen LogP contribution < -0.4 is 9.47 Å². The highest BCUT2D eigenvalue weighted by Gasteiger charge is 2.26. The highest BCUT2D eigenvalue weighted by Crippen LogP contribution is 2.31. The molecular formula is C27H35NO4. The van der Waals surface area contributed by atoms with Crippen molar-refractivity contribution in [2.24, 2.45) is 5.92 Å². The van der Waals surface area contributed by atoms with E-state index >= 15 is 0 Å². The molecule has 0 aliphatic carbocycles. The van der Waals surface area contributed by atoms with Crippen LogP contribution in [-0.4, -0.2) is 36.3 Å². The molecule has 1 aliphatic rings. The molecule has 1 heterocycles. The molecule has 0 saturated carbocycles. The first-order valence-corrected chi connectivity index (χ1v) is 11.4. The molecule has 32 heavy (non-hydrogen) atoms. The molecule has 5 nitrogen and oxygen atoms in total. The molecule has 0 N–H and O–H groups in total. The molecule has 2 aromatic rings. The average Bonchev–Trinajstić information content (AvgIpc) is 2.78. The topological polar surface area (TPSA) is 48.0 Å². The highest BCUT2D eigenvalue weighted by atomic mass is 16.6. The zero-order valence-corrected chi connectivity index (χ0v) is 19.5. The number of benzene rings is 2. The number of amides is 1. The molecular weight excluding hydrogens is 402 g/mol. The molecule has 1 saturated heterocycles. The predicted molar refractivity (Wildman–Crippen MR) is 128 cm³/mol. The van der Waals surface area contributed by atoms with Crippen molar-refractivity contribution < 1.29 is 19.0 Å². The SMILES string of the molecule is C=Cc1ccc(OCCC2CCN(C(=O)OC(C)(C)C)CC2)c(OCc2ccccc2)c1. The quantitative estimate of drug-likeness (QED) is 0.484. The maximum Gasteiger partial charge on any atom is 0.410 e. The molecule has 1 fully saturated rings. The molecule has 1 aliphatic heterocycles. The summed E-state index contributed by atoms with van der Waals surface area (Å²) in [7, 11) is 0. The largest absolute Gasteiger partial charge is 0.490 e. The van der Waals surface area contributed by atoms with Gasteiger partial charge in [-0.2, -0.15) is 0 Å². The molecule has 0 bridgehead atoms. The van der Waals surface area contributed by atoms with E-state index in [-0.39, 0.29) is 6.09 Å². The number of hydrogen-bond acceptors (Lipinski definition) is 4. The second-order valence-electron chi connectivity index (χ2n) is 9.23. The van der Waals surface area contributed by atoms with Crippen LogP contribution >= 0.6 is 0 Å². The number of ether oxygens (including phenoxy) is 3. The van der Waals surface area contributed by atoms with Gasteiger partial charge in [0.05, 0.1) is 6.61 Å². The summed E-state index contributed by atoms with van der Waals surface area (Å²) < 4.78 is 17.6. The van der Waals surface area contributed by atoms with Gasteiger partial charge in [-0.15, -0.1) is 0 Å². The lowest BCUT2D eigenvalue weighted by Crippen LogP contribution is -2.41. The number of likely N-dealkylation sites (tertiary alicyclic amines) is 1. The van der Waals surface area contributed by atoms with Gasteiger partial charge in [0, 0.05) is 13.1 Å². The minimum absolute atomic E-state index is 0.213. The van der Waals surface area contributed by atoms with Gasteiger partial charge >= 0.3 is 6.09 Å². The Balaban J connectivity index is 1.48. The van der Waals surface area contributed by atoms with E-state index in [1.165, 1.54) is 0 Å². The summed E-state index contributed by atoms with van der Waals surface area (Å²) >= 11 is 0. The van der Waals surface area contributed by atoms with Crippen molar-refractivity contribution in [2.75, 3.05) is 19.7 Å². The molecule has 0 radical (unpaired) electrons. The van der Waals surface area contributed by atoms with Crippen molar-refractivity contribution in [2.45, 2.75) is 52.2 Å². The van der Waals surface area contributed by atoms with E-state index < -0.39 is 5.60 Å². The summed E-state index contributed by atoms with van der Waals surface area (Å²) in [5.41, 5.74) is 1.65. The molecule has 0 spiro atoms. The van der Waals surface area contributed by atoms with Crippen LogP contribution in [-0.2, 0) is 11.3 Å². The van der Waals surface area contributed by atoms with Gasteiger partial charge in [-0.3, -0.25) is 0 Å². The first kappa shape index (κ1) is 23.7. The van der Waals surface area contributed by atoms with Gasteiger partial charge in [-0.25, -0.2) is 4.79 Å². The Morgan fingerprint density at radius 2 is 1.78 bits per heavy atom. The van der Waals surface area contributed by atoms with Crippen LogP contribution in [0.2, 0.25) is 0 Å². The summed E-state index contributed by atoms with van der Waals surface area (Å²) in [5.74, 6) is 2.01. The van der Waals surface area contributed by atoms with Crippen molar-refractivity contribution in [3.05, 3.63) is 66.2 Å². The Kier molecular flexibility index (Phi) is 8.20. The Labute approximate surface area is 192 Å². The fourth-order valence-corrected chi connectivity index (χ4v) is 3.69. The summed E-state index contributed by atoms with van der Waals surface area (Å²) in [6.45, 7) is 12.1. The summed E-state index contributed by atoms with van der Waals surface area (Å²) in [4.78, 5) is 14.0. The molecule has 0 unspecified atom stereocenters.